The normalized spacial score (nSPS) is 14.5. The highest BCUT2D eigenvalue weighted by atomic mass is 32.2. The molecule has 0 radical (unpaired) electrons. The smallest absolute Gasteiger partial charge is 0.169 e. The summed E-state index contributed by atoms with van der Waals surface area (Å²) in [6, 6.07) is 14.7. The maximum Gasteiger partial charge on any atom is 0.169 e. The van der Waals surface area contributed by atoms with E-state index in [9.17, 15) is 0 Å². The van der Waals surface area contributed by atoms with Crippen LogP contribution in [0, 0.1) is 0 Å². The Balaban J connectivity index is 1.36. The Morgan fingerprint density at radius 1 is 1.04 bits per heavy atom. The van der Waals surface area contributed by atoms with Crippen LogP contribution < -0.4 is 15.2 Å². The van der Waals surface area contributed by atoms with Gasteiger partial charge in [0.2, 0.25) is 0 Å². The van der Waals surface area contributed by atoms with Crippen molar-refractivity contribution in [3.05, 3.63) is 54.9 Å². The number of nitrogens with one attached hydrogen (secondary N) is 2. The molecular formula is C18H23N4S2+. The Bertz CT molecular complexity index is 628. The monoisotopic (exact) mass is 359 g/mol. The van der Waals surface area contributed by atoms with Crippen LogP contribution in [0.4, 0.5) is 5.69 Å². The molecule has 0 amide bonds. The number of hydrogen-bond donors (Lipinski definition) is 1. The van der Waals surface area contributed by atoms with Crippen LogP contribution in [0.25, 0.3) is 0 Å². The number of benzene rings is 1. The number of piperazine rings is 1. The molecule has 24 heavy (non-hydrogen) atoms. The molecule has 0 saturated carbocycles. The summed E-state index contributed by atoms with van der Waals surface area (Å²) in [5.74, 6) is 1.02. The Morgan fingerprint density at radius 3 is 2.46 bits per heavy atom. The molecule has 2 heterocycles. The molecular weight excluding hydrogens is 336 g/mol. The molecule has 2 aromatic rings. The summed E-state index contributed by atoms with van der Waals surface area (Å²) in [5, 5.41) is 4.27. The standard InChI is InChI=1S/C18H22N4S2/c23-18(20-10-15-24-17-4-2-1-3-5-17)22-13-11-21(12-14-22)16-6-8-19-9-7-16/h1-9H,10-15H2,(H,20,23)/p+1. The second-order valence-electron chi connectivity index (χ2n) is 5.63. The van der Waals surface area contributed by atoms with E-state index in [1.54, 1.807) is 0 Å². The highest BCUT2D eigenvalue weighted by Crippen LogP contribution is 2.16. The van der Waals surface area contributed by atoms with Gasteiger partial charge in [-0.05, 0) is 24.4 Å². The molecule has 1 aliphatic heterocycles. The van der Waals surface area contributed by atoms with Gasteiger partial charge in [-0.15, -0.1) is 11.8 Å². The van der Waals surface area contributed by atoms with Crippen LogP contribution in [0.3, 0.4) is 0 Å². The minimum absolute atomic E-state index is 0.879. The van der Waals surface area contributed by atoms with Crippen LogP contribution in [0.1, 0.15) is 0 Å². The van der Waals surface area contributed by atoms with Gasteiger partial charge >= 0.3 is 0 Å². The number of anilines is 1. The van der Waals surface area contributed by atoms with Crippen molar-refractivity contribution in [1.82, 2.24) is 10.2 Å². The number of rotatable bonds is 5. The van der Waals surface area contributed by atoms with Gasteiger partial charge in [-0.2, -0.15) is 0 Å². The topological polar surface area (TPSA) is 32.6 Å². The average Bonchev–Trinajstić information content (AvgIpc) is 2.67. The van der Waals surface area contributed by atoms with E-state index in [0.717, 1.165) is 43.6 Å². The molecule has 4 nitrogen and oxygen atoms in total. The van der Waals surface area contributed by atoms with E-state index in [2.05, 4.69) is 56.5 Å². The predicted molar refractivity (Wildman–Crippen MR) is 105 cm³/mol. The van der Waals surface area contributed by atoms with Crippen molar-refractivity contribution in [2.75, 3.05) is 43.4 Å². The number of thioether (sulfide) groups is 1. The van der Waals surface area contributed by atoms with Crippen LogP contribution in [0.5, 0.6) is 0 Å². The highest BCUT2D eigenvalue weighted by molar-refractivity contribution is 7.99. The van der Waals surface area contributed by atoms with Crippen molar-refractivity contribution >= 4 is 34.8 Å². The van der Waals surface area contributed by atoms with E-state index in [4.69, 9.17) is 12.2 Å². The quantitative estimate of drug-likeness (QED) is 0.503. The molecule has 3 rings (SSSR count). The Hall–Kier alpha value is -1.79. The number of aromatic amines is 1. The van der Waals surface area contributed by atoms with Crippen molar-refractivity contribution < 1.29 is 4.98 Å². The molecule has 1 saturated heterocycles. The summed E-state index contributed by atoms with van der Waals surface area (Å²) in [7, 11) is 0. The molecule has 0 aliphatic carbocycles. The fraction of sp³-hybridized carbons (Fsp3) is 0.333. The maximum atomic E-state index is 5.54. The molecule has 126 valence electrons. The van der Waals surface area contributed by atoms with Crippen LogP contribution in [0.2, 0.25) is 0 Å². The molecule has 2 N–H and O–H groups in total. The molecule has 0 bridgehead atoms. The van der Waals surface area contributed by atoms with Gasteiger partial charge in [0, 0.05) is 61.2 Å². The summed E-state index contributed by atoms with van der Waals surface area (Å²) in [4.78, 5) is 9.05. The summed E-state index contributed by atoms with van der Waals surface area (Å²) >= 11 is 7.40. The fourth-order valence-electron chi connectivity index (χ4n) is 2.71. The summed E-state index contributed by atoms with van der Waals surface area (Å²) < 4.78 is 0. The third-order valence-electron chi connectivity index (χ3n) is 4.02. The van der Waals surface area contributed by atoms with Crippen molar-refractivity contribution in [1.29, 1.82) is 0 Å². The van der Waals surface area contributed by atoms with Gasteiger partial charge in [0.05, 0.1) is 0 Å². The van der Waals surface area contributed by atoms with E-state index in [0.29, 0.717) is 0 Å². The lowest BCUT2D eigenvalue weighted by molar-refractivity contribution is -0.377. The first kappa shape index (κ1) is 17.0. The molecule has 1 fully saturated rings. The van der Waals surface area contributed by atoms with E-state index < -0.39 is 0 Å². The average molecular weight is 360 g/mol. The number of thiocarbonyl (C=S) groups is 1. The zero-order chi connectivity index (χ0) is 16.6. The summed E-state index contributed by atoms with van der Waals surface area (Å²) in [5.41, 5.74) is 1.27. The first-order valence-corrected chi connectivity index (χ1v) is 9.64. The predicted octanol–water partition coefficient (Wildman–Crippen LogP) is 2.29. The second kappa shape index (κ2) is 8.89. The molecule has 6 heteroatoms. The van der Waals surface area contributed by atoms with E-state index >= 15 is 0 Å². The second-order valence-corrected chi connectivity index (χ2v) is 7.18. The molecule has 1 aromatic heterocycles. The van der Waals surface area contributed by atoms with Crippen LogP contribution in [0.15, 0.2) is 59.8 Å². The first-order valence-electron chi connectivity index (χ1n) is 8.24. The third-order valence-corrected chi connectivity index (χ3v) is 5.44. The van der Waals surface area contributed by atoms with E-state index in [1.165, 1.54) is 10.6 Å². The lowest BCUT2D eigenvalue weighted by Crippen LogP contribution is -2.52. The van der Waals surface area contributed by atoms with Crippen molar-refractivity contribution in [3.63, 3.8) is 0 Å². The molecule has 0 spiro atoms. The maximum absolute atomic E-state index is 5.54. The molecule has 0 unspecified atom stereocenters. The van der Waals surface area contributed by atoms with Crippen LogP contribution in [-0.2, 0) is 0 Å². The number of hydrogen-bond acceptors (Lipinski definition) is 3. The number of pyridine rings is 1. The minimum Gasteiger partial charge on any atom is -0.368 e. The minimum atomic E-state index is 0.879. The number of nitrogens with zero attached hydrogens (tertiary/aromatic N) is 2. The first-order chi connectivity index (χ1) is 11.8. The lowest BCUT2D eigenvalue weighted by Gasteiger charge is -2.37. The Labute approximate surface area is 153 Å². The van der Waals surface area contributed by atoms with E-state index in [-0.39, 0.29) is 0 Å². The van der Waals surface area contributed by atoms with Crippen molar-refractivity contribution in [3.8, 4) is 0 Å². The fourth-order valence-corrected chi connectivity index (χ4v) is 3.79. The summed E-state index contributed by atoms with van der Waals surface area (Å²) in [6.07, 6.45) is 3.94. The zero-order valence-corrected chi connectivity index (χ0v) is 15.3. The van der Waals surface area contributed by atoms with Gasteiger partial charge < -0.3 is 15.1 Å². The van der Waals surface area contributed by atoms with Gasteiger partial charge in [-0.25, -0.2) is 4.98 Å². The molecule has 1 aliphatic rings. The van der Waals surface area contributed by atoms with Gasteiger partial charge in [-0.1, -0.05) is 18.2 Å². The number of H-pyrrole nitrogens is 1. The number of aromatic nitrogens is 1. The Kier molecular flexibility index (Phi) is 6.32. The summed E-state index contributed by atoms with van der Waals surface area (Å²) in [6.45, 7) is 4.84. The van der Waals surface area contributed by atoms with Crippen molar-refractivity contribution in [2.45, 2.75) is 4.90 Å². The van der Waals surface area contributed by atoms with Gasteiger partial charge in [-0.3, -0.25) is 0 Å². The largest absolute Gasteiger partial charge is 0.368 e. The SMILES string of the molecule is S=C(NCCSc1ccccc1)N1CCN(c2cc[nH+]cc2)CC1. The zero-order valence-electron chi connectivity index (χ0n) is 13.6. The Morgan fingerprint density at radius 2 is 1.75 bits per heavy atom. The van der Waals surface area contributed by atoms with Gasteiger partial charge in [0.1, 0.15) is 0 Å². The molecule has 1 aromatic carbocycles. The third kappa shape index (κ3) is 4.85. The lowest BCUT2D eigenvalue weighted by atomic mass is 10.3. The van der Waals surface area contributed by atoms with Gasteiger partial charge in [0.25, 0.3) is 0 Å². The molecule has 0 atom stereocenters. The van der Waals surface area contributed by atoms with Gasteiger partial charge in [0.15, 0.2) is 17.5 Å². The highest BCUT2D eigenvalue weighted by Gasteiger charge is 2.19. The van der Waals surface area contributed by atoms with Crippen molar-refractivity contribution in [2.24, 2.45) is 0 Å². The van der Waals surface area contributed by atoms with E-state index in [1.807, 2.05) is 30.2 Å². The van der Waals surface area contributed by atoms with Crippen LogP contribution in [-0.4, -0.2) is 48.5 Å². The van der Waals surface area contributed by atoms with Crippen LogP contribution >= 0.6 is 24.0 Å².